The van der Waals surface area contributed by atoms with Gasteiger partial charge in [-0.25, -0.2) is 8.42 Å². The van der Waals surface area contributed by atoms with Gasteiger partial charge in [-0.15, -0.1) is 0 Å². The number of carbonyl (C=O) groups is 2. The molecule has 2 amide bonds. The second-order valence-corrected chi connectivity index (χ2v) is 8.07. The molecule has 0 atom stereocenters. The van der Waals surface area contributed by atoms with E-state index in [0.717, 1.165) is 5.56 Å². The van der Waals surface area contributed by atoms with Crippen molar-refractivity contribution in [1.82, 2.24) is 0 Å². The fourth-order valence-corrected chi connectivity index (χ4v) is 3.13. The minimum absolute atomic E-state index is 0.0568. The van der Waals surface area contributed by atoms with Crippen LogP contribution in [0.2, 0.25) is 0 Å². The molecule has 0 aliphatic rings. The van der Waals surface area contributed by atoms with Gasteiger partial charge in [0.25, 0.3) is 5.91 Å². The molecule has 2 aromatic carbocycles. The number of nitrogens with one attached hydrogen (secondary N) is 2. The average molecular weight is 360 g/mol. The van der Waals surface area contributed by atoms with Crippen molar-refractivity contribution in [2.75, 3.05) is 16.9 Å². The molecule has 2 rings (SSSR count). The number of rotatable bonds is 5. The summed E-state index contributed by atoms with van der Waals surface area (Å²) in [6.45, 7) is 3.27. The molecule has 2 N–H and O–H groups in total. The first kappa shape index (κ1) is 18.7. The van der Waals surface area contributed by atoms with E-state index in [0.29, 0.717) is 22.5 Å². The highest BCUT2D eigenvalue weighted by Gasteiger charge is 2.09. The van der Waals surface area contributed by atoms with Crippen LogP contribution in [0.1, 0.15) is 28.4 Å². The predicted octanol–water partition coefficient (Wildman–Crippen LogP) is 2.75. The fraction of sp³-hybridized carbons (Fsp3) is 0.222. The number of amides is 2. The van der Waals surface area contributed by atoms with E-state index < -0.39 is 9.84 Å². The summed E-state index contributed by atoms with van der Waals surface area (Å²) in [6.07, 6.45) is 1.17. The third kappa shape index (κ3) is 5.72. The maximum atomic E-state index is 12.3. The zero-order chi connectivity index (χ0) is 18.6. The third-order valence-corrected chi connectivity index (χ3v) is 4.30. The van der Waals surface area contributed by atoms with Gasteiger partial charge in [0.15, 0.2) is 9.84 Å². The lowest BCUT2D eigenvalue weighted by Gasteiger charge is -2.10. The highest BCUT2D eigenvalue weighted by atomic mass is 32.2. The predicted molar refractivity (Wildman–Crippen MR) is 98.4 cm³/mol. The second-order valence-electron chi connectivity index (χ2n) is 5.93. The molecule has 0 radical (unpaired) electrons. The van der Waals surface area contributed by atoms with E-state index in [1.54, 1.807) is 42.5 Å². The fourth-order valence-electron chi connectivity index (χ4n) is 2.33. The molecule has 7 heteroatoms. The van der Waals surface area contributed by atoms with Crippen LogP contribution in [0.5, 0.6) is 0 Å². The van der Waals surface area contributed by atoms with E-state index in [4.69, 9.17) is 0 Å². The molecule has 0 spiro atoms. The van der Waals surface area contributed by atoms with Crippen molar-refractivity contribution >= 4 is 33.0 Å². The molecule has 25 heavy (non-hydrogen) atoms. The summed E-state index contributed by atoms with van der Waals surface area (Å²) in [6, 6.07) is 11.6. The summed E-state index contributed by atoms with van der Waals surface area (Å²) in [5.74, 6) is -0.509. The van der Waals surface area contributed by atoms with Crippen LogP contribution in [0.3, 0.4) is 0 Å². The van der Waals surface area contributed by atoms with Gasteiger partial charge in [-0.05, 0) is 48.4 Å². The van der Waals surface area contributed by atoms with Crippen molar-refractivity contribution in [3.05, 3.63) is 59.2 Å². The van der Waals surface area contributed by atoms with Gasteiger partial charge in [0, 0.05) is 30.1 Å². The minimum Gasteiger partial charge on any atom is -0.326 e. The largest absolute Gasteiger partial charge is 0.326 e. The molecule has 0 fully saturated rings. The Balaban J connectivity index is 2.09. The van der Waals surface area contributed by atoms with E-state index in [-0.39, 0.29) is 17.6 Å². The summed E-state index contributed by atoms with van der Waals surface area (Å²) in [4.78, 5) is 23.4. The molecule has 0 aromatic heterocycles. The van der Waals surface area contributed by atoms with Crippen molar-refractivity contribution < 1.29 is 18.0 Å². The van der Waals surface area contributed by atoms with Gasteiger partial charge in [-0.1, -0.05) is 12.1 Å². The van der Waals surface area contributed by atoms with E-state index in [9.17, 15) is 18.0 Å². The van der Waals surface area contributed by atoms with Crippen molar-refractivity contribution in [2.45, 2.75) is 19.6 Å². The Labute approximate surface area is 147 Å². The molecular weight excluding hydrogens is 340 g/mol. The number of aryl methyl sites for hydroxylation is 1. The van der Waals surface area contributed by atoms with Crippen LogP contribution in [-0.2, 0) is 20.4 Å². The number of hydrogen-bond acceptors (Lipinski definition) is 4. The Morgan fingerprint density at radius 3 is 2.16 bits per heavy atom. The molecule has 0 saturated carbocycles. The van der Waals surface area contributed by atoms with E-state index in [2.05, 4.69) is 10.6 Å². The quantitative estimate of drug-likeness (QED) is 0.857. The Hall–Kier alpha value is -2.67. The standard InChI is InChI=1S/C18H20N2O4S/c1-12-10-16(8-9-17(12)19-13(2)21)20-18(22)15-6-4-14(5-7-15)11-25(3,23)24/h4-10H,11H2,1-3H3,(H,19,21)(H,20,22). The molecule has 0 saturated heterocycles. The summed E-state index contributed by atoms with van der Waals surface area (Å²) in [5.41, 5.74) is 3.19. The normalized spacial score (nSPS) is 11.0. The summed E-state index contributed by atoms with van der Waals surface area (Å²) < 4.78 is 22.6. The summed E-state index contributed by atoms with van der Waals surface area (Å²) >= 11 is 0. The van der Waals surface area contributed by atoms with Crippen molar-refractivity contribution in [3.63, 3.8) is 0 Å². The second kappa shape index (κ2) is 7.48. The first-order chi connectivity index (χ1) is 11.6. The van der Waals surface area contributed by atoms with Crippen LogP contribution >= 0.6 is 0 Å². The molecule has 132 valence electrons. The zero-order valence-corrected chi connectivity index (χ0v) is 15.1. The topological polar surface area (TPSA) is 92.3 Å². The Kier molecular flexibility index (Phi) is 5.58. The SMILES string of the molecule is CC(=O)Nc1ccc(NC(=O)c2ccc(CS(C)(=O)=O)cc2)cc1C. The van der Waals surface area contributed by atoms with Crippen molar-refractivity contribution in [2.24, 2.45) is 0 Å². The maximum absolute atomic E-state index is 12.3. The van der Waals surface area contributed by atoms with Gasteiger partial charge in [-0.3, -0.25) is 9.59 Å². The molecular formula is C18H20N2O4S. The van der Waals surface area contributed by atoms with Gasteiger partial charge in [0.1, 0.15) is 0 Å². The molecule has 0 aliphatic heterocycles. The summed E-state index contributed by atoms with van der Waals surface area (Å²) in [5, 5.41) is 5.49. The first-order valence-corrected chi connectivity index (χ1v) is 9.66. The van der Waals surface area contributed by atoms with Gasteiger partial charge in [-0.2, -0.15) is 0 Å². The number of sulfone groups is 1. The molecule has 0 heterocycles. The number of hydrogen-bond donors (Lipinski definition) is 2. The van der Waals surface area contributed by atoms with Gasteiger partial charge >= 0.3 is 0 Å². The highest BCUT2D eigenvalue weighted by Crippen LogP contribution is 2.20. The molecule has 0 bridgehead atoms. The molecule has 0 aliphatic carbocycles. The zero-order valence-electron chi connectivity index (χ0n) is 14.3. The summed E-state index contributed by atoms with van der Waals surface area (Å²) in [7, 11) is -3.11. The van der Waals surface area contributed by atoms with E-state index in [1.807, 2.05) is 6.92 Å². The van der Waals surface area contributed by atoms with Crippen molar-refractivity contribution in [1.29, 1.82) is 0 Å². The number of anilines is 2. The number of carbonyl (C=O) groups excluding carboxylic acids is 2. The Morgan fingerprint density at radius 2 is 1.64 bits per heavy atom. The van der Waals surface area contributed by atoms with Gasteiger partial charge in [0.2, 0.25) is 5.91 Å². The van der Waals surface area contributed by atoms with E-state index in [1.165, 1.54) is 13.2 Å². The minimum atomic E-state index is -3.11. The lowest BCUT2D eigenvalue weighted by atomic mass is 10.1. The van der Waals surface area contributed by atoms with E-state index >= 15 is 0 Å². The lowest BCUT2D eigenvalue weighted by Crippen LogP contribution is -2.13. The first-order valence-electron chi connectivity index (χ1n) is 7.60. The van der Waals surface area contributed by atoms with Crippen LogP contribution < -0.4 is 10.6 Å². The average Bonchev–Trinajstić information content (AvgIpc) is 2.48. The molecule has 6 nitrogen and oxygen atoms in total. The Morgan fingerprint density at radius 1 is 1.00 bits per heavy atom. The highest BCUT2D eigenvalue weighted by molar-refractivity contribution is 7.89. The maximum Gasteiger partial charge on any atom is 0.255 e. The monoisotopic (exact) mass is 360 g/mol. The van der Waals surface area contributed by atoms with Gasteiger partial charge in [0.05, 0.1) is 5.75 Å². The molecule has 2 aromatic rings. The van der Waals surface area contributed by atoms with Crippen LogP contribution in [0.25, 0.3) is 0 Å². The lowest BCUT2D eigenvalue weighted by molar-refractivity contribution is -0.114. The van der Waals surface area contributed by atoms with Crippen LogP contribution in [0.15, 0.2) is 42.5 Å². The smallest absolute Gasteiger partial charge is 0.255 e. The van der Waals surface area contributed by atoms with Crippen LogP contribution in [0, 0.1) is 6.92 Å². The molecule has 0 unspecified atom stereocenters. The van der Waals surface area contributed by atoms with Crippen LogP contribution in [-0.4, -0.2) is 26.5 Å². The van der Waals surface area contributed by atoms with Crippen LogP contribution in [0.4, 0.5) is 11.4 Å². The Bertz CT molecular complexity index is 903. The van der Waals surface area contributed by atoms with Gasteiger partial charge < -0.3 is 10.6 Å². The number of benzene rings is 2. The third-order valence-electron chi connectivity index (χ3n) is 3.44. The van der Waals surface area contributed by atoms with Crippen molar-refractivity contribution in [3.8, 4) is 0 Å².